The molecule has 0 spiro atoms. The van der Waals surface area contributed by atoms with Crippen LogP contribution in [-0.4, -0.2) is 29.7 Å². The minimum atomic E-state index is -1.46. The zero-order valence-corrected chi connectivity index (χ0v) is 16.4. The highest BCUT2D eigenvalue weighted by Crippen LogP contribution is 2.29. The summed E-state index contributed by atoms with van der Waals surface area (Å²) in [6.07, 6.45) is 4.56. The van der Waals surface area contributed by atoms with Crippen molar-refractivity contribution in [1.82, 2.24) is 4.72 Å². The summed E-state index contributed by atoms with van der Waals surface area (Å²) in [7, 11) is -1.46. The quantitative estimate of drug-likeness (QED) is 0.398. The SMILES string of the molecule is OB(O)C(Cc1coc2ccccc12)NSCc1cccc(C2CCCO2)c1. The Bertz CT molecular complexity index is 910. The third kappa shape index (κ3) is 4.62. The summed E-state index contributed by atoms with van der Waals surface area (Å²) in [5.74, 6) is 0.239. The van der Waals surface area contributed by atoms with E-state index in [1.807, 2.05) is 24.3 Å². The number of ether oxygens (including phenoxy) is 1. The van der Waals surface area contributed by atoms with Crippen molar-refractivity contribution in [2.45, 2.75) is 37.1 Å². The molecule has 5 nitrogen and oxygen atoms in total. The zero-order chi connectivity index (χ0) is 19.3. The molecule has 0 aliphatic carbocycles. The minimum Gasteiger partial charge on any atom is -0.464 e. The van der Waals surface area contributed by atoms with Gasteiger partial charge in [-0.15, -0.1) is 0 Å². The van der Waals surface area contributed by atoms with Gasteiger partial charge in [-0.2, -0.15) is 0 Å². The lowest BCUT2D eigenvalue weighted by atomic mass is 9.77. The molecule has 28 heavy (non-hydrogen) atoms. The van der Waals surface area contributed by atoms with Gasteiger partial charge in [-0.25, -0.2) is 0 Å². The molecule has 4 rings (SSSR count). The molecule has 0 bridgehead atoms. The van der Waals surface area contributed by atoms with Gasteiger partial charge in [0.2, 0.25) is 0 Å². The fourth-order valence-electron chi connectivity index (χ4n) is 3.59. The van der Waals surface area contributed by atoms with Gasteiger partial charge in [-0.1, -0.05) is 54.4 Å². The number of nitrogens with one attached hydrogen (secondary N) is 1. The van der Waals surface area contributed by atoms with E-state index in [-0.39, 0.29) is 6.10 Å². The predicted octanol–water partition coefficient (Wildman–Crippen LogP) is 3.65. The molecule has 1 aliphatic rings. The highest BCUT2D eigenvalue weighted by Gasteiger charge is 2.25. The molecule has 3 aromatic rings. The summed E-state index contributed by atoms with van der Waals surface area (Å²) in [4.78, 5) is 0. The van der Waals surface area contributed by atoms with Crippen molar-refractivity contribution in [1.29, 1.82) is 0 Å². The van der Waals surface area contributed by atoms with E-state index in [1.54, 1.807) is 6.26 Å². The second kappa shape index (κ2) is 9.16. The Morgan fingerprint density at radius 3 is 2.89 bits per heavy atom. The molecule has 1 aliphatic heterocycles. The van der Waals surface area contributed by atoms with Crippen LogP contribution in [0.15, 0.2) is 59.2 Å². The van der Waals surface area contributed by atoms with Crippen molar-refractivity contribution in [3.63, 3.8) is 0 Å². The number of furan rings is 1. The van der Waals surface area contributed by atoms with Crippen molar-refractivity contribution >= 4 is 30.0 Å². The first kappa shape index (κ1) is 19.5. The van der Waals surface area contributed by atoms with E-state index in [1.165, 1.54) is 23.1 Å². The second-order valence-corrected chi connectivity index (χ2v) is 7.95. The molecule has 1 fully saturated rings. The maximum absolute atomic E-state index is 9.80. The highest BCUT2D eigenvalue weighted by atomic mass is 32.2. The number of rotatable bonds is 8. The van der Waals surface area contributed by atoms with Gasteiger partial charge in [0.05, 0.1) is 18.3 Å². The van der Waals surface area contributed by atoms with Crippen LogP contribution >= 0.6 is 11.9 Å². The average Bonchev–Trinajstić information content (AvgIpc) is 3.38. The van der Waals surface area contributed by atoms with Crippen molar-refractivity contribution in [3.8, 4) is 0 Å². The summed E-state index contributed by atoms with van der Waals surface area (Å²) in [6.45, 7) is 0.837. The lowest BCUT2D eigenvalue weighted by Crippen LogP contribution is -2.42. The lowest BCUT2D eigenvalue weighted by molar-refractivity contribution is 0.112. The Labute approximate surface area is 169 Å². The maximum Gasteiger partial charge on any atom is 0.470 e. The molecule has 7 heteroatoms. The molecule has 3 N–H and O–H groups in total. The Hall–Kier alpha value is -1.77. The topological polar surface area (TPSA) is 74.9 Å². The van der Waals surface area contributed by atoms with Crippen LogP contribution in [0, 0.1) is 0 Å². The van der Waals surface area contributed by atoms with Gasteiger partial charge in [0.25, 0.3) is 0 Å². The number of hydrogen-bond acceptors (Lipinski definition) is 6. The molecule has 2 atom stereocenters. The number of benzene rings is 2. The van der Waals surface area contributed by atoms with Crippen LogP contribution in [0.4, 0.5) is 0 Å². The van der Waals surface area contributed by atoms with Crippen LogP contribution in [0.5, 0.6) is 0 Å². The Balaban J connectivity index is 1.36. The average molecular weight is 397 g/mol. The maximum atomic E-state index is 9.80. The third-order valence-corrected chi connectivity index (χ3v) is 6.03. The molecule has 2 unspecified atom stereocenters. The summed E-state index contributed by atoms with van der Waals surface area (Å²) in [5, 5.41) is 20.6. The van der Waals surface area contributed by atoms with E-state index < -0.39 is 13.1 Å². The van der Waals surface area contributed by atoms with Crippen molar-refractivity contribution in [2.75, 3.05) is 6.61 Å². The molecule has 0 radical (unpaired) electrons. The molecule has 0 amide bonds. The largest absolute Gasteiger partial charge is 0.470 e. The van der Waals surface area contributed by atoms with Gasteiger partial charge < -0.3 is 19.2 Å². The van der Waals surface area contributed by atoms with Crippen molar-refractivity contribution in [2.24, 2.45) is 0 Å². The molecule has 2 aromatic carbocycles. The van der Waals surface area contributed by atoms with E-state index in [2.05, 4.69) is 29.0 Å². The second-order valence-electron chi connectivity index (χ2n) is 7.13. The molecule has 1 saturated heterocycles. The zero-order valence-electron chi connectivity index (χ0n) is 15.6. The van der Waals surface area contributed by atoms with Crippen molar-refractivity contribution < 1.29 is 19.2 Å². The van der Waals surface area contributed by atoms with Crippen LogP contribution in [-0.2, 0) is 16.9 Å². The van der Waals surface area contributed by atoms with Gasteiger partial charge in [-0.3, -0.25) is 4.72 Å². The fourth-order valence-corrected chi connectivity index (χ4v) is 4.44. The van der Waals surface area contributed by atoms with E-state index in [4.69, 9.17) is 9.15 Å². The summed E-state index contributed by atoms with van der Waals surface area (Å²) >= 11 is 1.48. The normalized spacial score (nSPS) is 17.9. The first-order valence-electron chi connectivity index (χ1n) is 9.60. The summed E-state index contributed by atoms with van der Waals surface area (Å²) < 4.78 is 14.5. The standard InChI is InChI=1S/C21H24BNO4S/c24-22(25)21(12-17-13-27-20-8-2-1-7-18(17)20)23-28-14-15-5-3-6-16(11-15)19-9-4-10-26-19/h1-3,5-8,11,13,19,21,23-25H,4,9-10,12,14H2. The van der Waals surface area contributed by atoms with Gasteiger partial charge in [0.1, 0.15) is 5.58 Å². The predicted molar refractivity (Wildman–Crippen MR) is 113 cm³/mol. The van der Waals surface area contributed by atoms with Gasteiger partial charge in [0.15, 0.2) is 0 Å². The molecule has 2 heterocycles. The fraction of sp³-hybridized carbons (Fsp3) is 0.333. The number of para-hydroxylation sites is 1. The summed E-state index contributed by atoms with van der Waals surface area (Å²) in [6, 6.07) is 16.2. The Kier molecular flexibility index (Phi) is 6.39. The van der Waals surface area contributed by atoms with Gasteiger partial charge in [-0.05, 0) is 42.0 Å². The van der Waals surface area contributed by atoms with E-state index in [0.717, 1.165) is 41.7 Å². The van der Waals surface area contributed by atoms with Gasteiger partial charge in [0, 0.05) is 17.7 Å². The lowest BCUT2D eigenvalue weighted by Gasteiger charge is -2.17. The van der Waals surface area contributed by atoms with E-state index >= 15 is 0 Å². The van der Waals surface area contributed by atoms with E-state index in [9.17, 15) is 10.0 Å². The molecule has 146 valence electrons. The minimum absolute atomic E-state index is 0.208. The molecule has 0 saturated carbocycles. The smallest absolute Gasteiger partial charge is 0.464 e. The number of hydrogen-bond donors (Lipinski definition) is 3. The van der Waals surface area contributed by atoms with E-state index in [0.29, 0.717) is 6.42 Å². The molecular weight excluding hydrogens is 373 g/mol. The van der Waals surface area contributed by atoms with Crippen LogP contribution < -0.4 is 4.72 Å². The monoisotopic (exact) mass is 397 g/mol. The first-order chi connectivity index (χ1) is 13.7. The Morgan fingerprint density at radius 1 is 1.18 bits per heavy atom. The van der Waals surface area contributed by atoms with Gasteiger partial charge >= 0.3 is 7.12 Å². The molecular formula is C21H24BNO4S. The third-order valence-electron chi connectivity index (χ3n) is 5.09. The highest BCUT2D eigenvalue weighted by molar-refractivity contribution is 7.96. The number of fused-ring (bicyclic) bond motifs is 1. The first-order valence-corrected chi connectivity index (χ1v) is 10.6. The van der Waals surface area contributed by atoms with Crippen LogP contribution in [0.2, 0.25) is 0 Å². The van der Waals surface area contributed by atoms with Crippen LogP contribution in [0.1, 0.15) is 35.6 Å². The Morgan fingerprint density at radius 2 is 2.07 bits per heavy atom. The van der Waals surface area contributed by atoms with Crippen LogP contribution in [0.25, 0.3) is 11.0 Å². The molecule has 1 aromatic heterocycles. The summed E-state index contributed by atoms with van der Waals surface area (Å²) in [5.41, 5.74) is 4.18. The van der Waals surface area contributed by atoms with Crippen molar-refractivity contribution in [3.05, 3.63) is 71.5 Å². The van der Waals surface area contributed by atoms with Crippen LogP contribution in [0.3, 0.4) is 0 Å².